The van der Waals surface area contributed by atoms with Crippen molar-refractivity contribution in [3.63, 3.8) is 0 Å². The third kappa shape index (κ3) is 5.12. The number of rotatable bonds is 8. The highest BCUT2D eigenvalue weighted by Crippen LogP contribution is 2.16. The standard InChI is InChI=1S/C17H21N3O4/c1-3-13-10-17(22)20(12-19-13)11-16(21)18-8-9-24-15-6-4-14(23-2)5-7-15/h4-7,10,12H,3,8-9,11H2,1-2H3,(H,18,21). The molecule has 1 amide bonds. The van der Waals surface area contributed by atoms with E-state index in [1.54, 1.807) is 31.4 Å². The van der Waals surface area contributed by atoms with Gasteiger partial charge in [-0.1, -0.05) is 6.92 Å². The molecule has 0 spiro atoms. The highest BCUT2D eigenvalue weighted by atomic mass is 16.5. The smallest absolute Gasteiger partial charge is 0.253 e. The Hall–Kier alpha value is -2.83. The lowest BCUT2D eigenvalue weighted by Crippen LogP contribution is -2.34. The third-order valence-electron chi connectivity index (χ3n) is 3.36. The zero-order valence-corrected chi connectivity index (χ0v) is 13.8. The van der Waals surface area contributed by atoms with Crippen LogP contribution in [0.15, 0.2) is 41.5 Å². The molecule has 1 N–H and O–H groups in total. The molecule has 1 heterocycles. The topological polar surface area (TPSA) is 82.5 Å². The maximum Gasteiger partial charge on any atom is 0.253 e. The average molecular weight is 331 g/mol. The molecule has 1 aromatic carbocycles. The molecular formula is C17H21N3O4. The van der Waals surface area contributed by atoms with Crippen LogP contribution in [0.1, 0.15) is 12.6 Å². The highest BCUT2D eigenvalue weighted by Gasteiger charge is 2.05. The van der Waals surface area contributed by atoms with Crippen molar-refractivity contribution in [2.45, 2.75) is 19.9 Å². The fraction of sp³-hybridized carbons (Fsp3) is 0.353. The number of benzene rings is 1. The first-order valence-corrected chi connectivity index (χ1v) is 7.71. The van der Waals surface area contributed by atoms with Crippen molar-refractivity contribution in [1.82, 2.24) is 14.9 Å². The highest BCUT2D eigenvalue weighted by molar-refractivity contribution is 5.75. The second-order valence-corrected chi connectivity index (χ2v) is 5.07. The van der Waals surface area contributed by atoms with Crippen LogP contribution in [0, 0.1) is 0 Å². The Morgan fingerprint density at radius 3 is 2.58 bits per heavy atom. The molecule has 1 aromatic heterocycles. The number of methoxy groups -OCH3 is 1. The van der Waals surface area contributed by atoms with E-state index in [1.807, 2.05) is 6.92 Å². The molecule has 0 aliphatic carbocycles. The molecule has 128 valence electrons. The van der Waals surface area contributed by atoms with Crippen molar-refractivity contribution in [3.05, 3.63) is 52.7 Å². The van der Waals surface area contributed by atoms with E-state index >= 15 is 0 Å². The van der Waals surface area contributed by atoms with Gasteiger partial charge in [0.05, 0.1) is 20.0 Å². The number of hydrogen-bond acceptors (Lipinski definition) is 5. The minimum Gasteiger partial charge on any atom is -0.497 e. The van der Waals surface area contributed by atoms with Gasteiger partial charge in [0, 0.05) is 11.8 Å². The fourth-order valence-electron chi connectivity index (χ4n) is 2.02. The summed E-state index contributed by atoms with van der Waals surface area (Å²) < 4.78 is 11.8. The average Bonchev–Trinajstić information content (AvgIpc) is 2.61. The van der Waals surface area contributed by atoms with E-state index in [9.17, 15) is 9.59 Å². The number of aromatic nitrogens is 2. The second-order valence-electron chi connectivity index (χ2n) is 5.07. The summed E-state index contributed by atoms with van der Waals surface area (Å²) in [6.45, 7) is 2.54. The Kier molecular flexibility index (Phi) is 6.36. The molecule has 7 heteroatoms. The molecule has 2 rings (SSSR count). The lowest BCUT2D eigenvalue weighted by molar-refractivity contribution is -0.121. The molecule has 7 nitrogen and oxygen atoms in total. The number of aryl methyl sites for hydroxylation is 1. The summed E-state index contributed by atoms with van der Waals surface area (Å²) in [6, 6.07) is 8.63. The van der Waals surface area contributed by atoms with Crippen LogP contribution < -0.4 is 20.3 Å². The van der Waals surface area contributed by atoms with E-state index in [-0.39, 0.29) is 18.0 Å². The van der Waals surface area contributed by atoms with Crippen LogP contribution in [0.5, 0.6) is 11.5 Å². The first kappa shape index (κ1) is 17.5. The van der Waals surface area contributed by atoms with E-state index in [1.165, 1.54) is 17.0 Å². The van der Waals surface area contributed by atoms with E-state index in [0.29, 0.717) is 31.0 Å². The number of carbonyl (C=O) groups is 1. The van der Waals surface area contributed by atoms with E-state index < -0.39 is 0 Å². The Morgan fingerprint density at radius 2 is 1.96 bits per heavy atom. The van der Waals surface area contributed by atoms with Crippen molar-refractivity contribution in [2.75, 3.05) is 20.3 Å². The van der Waals surface area contributed by atoms with Crippen molar-refractivity contribution >= 4 is 5.91 Å². The Labute approximate surface area is 140 Å². The second kappa shape index (κ2) is 8.71. The molecule has 0 aliphatic rings. The van der Waals surface area contributed by atoms with Gasteiger partial charge in [-0.25, -0.2) is 4.98 Å². The molecule has 0 fully saturated rings. The summed E-state index contributed by atoms with van der Waals surface area (Å²) in [6.07, 6.45) is 2.08. The molecular weight excluding hydrogens is 310 g/mol. The quantitative estimate of drug-likeness (QED) is 0.730. The summed E-state index contributed by atoms with van der Waals surface area (Å²) >= 11 is 0. The van der Waals surface area contributed by atoms with Gasteiger partial charge >= 0.3 is 0 Å². The van der Waals surface area contributed by atoms with Gasteiger partial charge < -0.3 is 14.8 Å². The zero-order valence-electron chi connectivity index (χ0n) is 13.8. The summed E-state index contributed by atoms with van der Waals surface area (Å²) in [4.78, 5) is 27.8. The maximum atomic E-state index is 11.8. The predicted molar refractivity (Wildman–Crippen MR) is 89.4 cm³/mol. The molecule has 0 radical (unpaired) electrons. The SMILES string of the molecule is CCc1cc(=O)n(CC(=O)NCCOc2ccc(OC)cc2)cn1. The maximum absolute atomic E-state index is 11.8. The van der Waals surface area contributed by atoms with Gasteiger partial charge in [-0.15, -0.1) is 0 Å². The van der Waals surface area contributed by atoms with Gasteiger partial charge in [0.15, 0.2) is 0 Å². The lowest BCUT2D eigenvalue weighted by Gasteiger charge is -2.09. The monoisotopic (exact) mass is 331 g/mol. The fourth-order valence-corrected chi connectivity index (χ4v) is 2.02. The van der Waals surface area contributed by atoms with Crippen LogP contribution in [-0.4, -0.2) is 35.7 Å². The zero-order chi connectivity index (χ0) is 17.4. The lowest BCUT2D eigenvalue weighted by atomic mass is 10.3. The molecule has 0 aliphatic heterocycles. The van der Waals surface area contributed by atoms with Crippen molar-refractivity contribution in [2.24, 2.45) is 0 Å². The van der Waals surface area contributed by atoms with Crippen molar-refractivity contribution in [3.8, 4) is 11.5 Å². The van der Waals surface area contributed by atoms with Crippen LogP contribution in [0.2, 0.25) is 0 Å². The summed E-state index contributed by atoms with van der Waals surface area (Å²) in [5.74, 6) is 1.19. The molecule has 0 saturated heterocycles. The molecule has 0 bridgehead atoms. The van der Waals surface area contributed by atoms with Crippen LogP contribution >= 0.6 is 0 Å². The molecule has 24 heavy (non-hydrogen) atoms. The van der Waals surface area contributed by atoms with Crippen molar-refractivity contribution in [1.29, 1.82) is 0 Å². The number of nitrogens with zero attached hydrogens (tertiary/aromatic N) is 2. The van der Waals surface area contributed by atoms with Crippen LogP contribution in [0.3, 0.4) is 0 Å². The number of hydrogen-bond donors (Lipinski definition) is 1. The minimum atomic E-state index is -0.263. The predicted octanol–water partition coefficient (Wildman–Crippen LogP) is 1.01. The minimum absolute atomic E-state index is 0.0572. The van der Waals surface area contributed by atoms with Gasteiger partial charge in [0.25, 0.3) is 5.56 Å². The van der Waals surface area contributed by atoms with Crippen LogP contribution in [0.25, 0.3) is 0 Å². The number of ether oxygens (including phenoxy) is 2. The summed E-state index contributed by atoms with van der Waals surface area (Å²) in [5.41, 5.74) is 0.482. The van der Waals surface area contributed by atoms with E-state index in [2.05, 4.69) is 10.3 Å². The van der Waals surface area contributed by atoms with E-state index in [4.69, 9.17) is 9.47 Å². The molecule has 0 saturated carbocycles. The van der Waals surface area contributed by atoms with Gasteiger partial charge in [0.1, 0.15) is 24.7 Å². The van der Waals surface area contributed by atoms with Crippen molar-refractivity contribution < 1.29 is 14.3 Å². The Morgan fingerprint density at radius 1 is 1.25 bits per heavy atom. The van der Waals surface area contributed by atoms with Gasteiger partial charge in [-0.2, -0.15) is 0 Å². The van der Waals surface area contributed by atoms with E-state index in [0.717, 1.165) is 5.75 Å². The largest absolute Gasteiger partial charge is 0.497 e. The molecule has 2 aromatic rings. The normalized spacial score (nSPS) is 10.2. The van der Waals surface area contributed by atoms with Crippen LogP contribution in [-0.2, 0) is 17.8 Å². The summed E-state index contributed by atoms with van der Waals surface area (Å²) in [7, 11) is 1.60. The van der Waals surface area contributed by atoms with Gasteiger partial charge in [0.2, 0.25) is 5.91 Å². The van der Waals surface area contributed by atoms with Gasteiger partial charge in [-0.05, 0) is 30.7 Å². The molecule has 0 unspecified atom stereocenters. The third-order valence-corrected chi connectivity index (χ3v) is 3.36. The van der Waals surface area contributed by atoms with Gasteiger partial charge in [-0.3, -0.25) is 14.2 Å². The first-order valence-electron chi connectivity index (χ1n) is 7.71. The number of carbonyl (C=O) groups excluding carboxylic acids is 1. The molecule has 0 atom stereocenters. The van der Waals surface area contributed by atoms with Crippen LogP contribution in [0.4, 0.5) is 0 Å². The summed E-state index contributed by atoms with van der Waals surface area (Å²) in [5, 5.41) is 2.70. The Bertz CT molecular complexity index is 725. The number of nitrogens with one attached hydrogen (secondary N) is 1. The number of amides is 1. The first-order chi connectivity index (χ1) is 11.6. The Balaban J connectivity index is 1.74.